The molecule has 0 aliphatic carbocycles. The van der Waals surface area contributed by atoms with Crippen molar-refractivity contribution in [3.8, 4) is 6.07 Å². The van der Waals surface area contributed by atoms with Crippen molar-refractivity contribution in [2.24, 2.45) is 0 Å². The van der Waals surface area contributed by atoms with Crippen molar-refractivity contribution in [3.05, 3.63) is 35.4 Å². The minimum Gasteiger partial charge on any atom is -0.192 e. The van der Waals surface area contributed by atoms with Gasteiger partial charge in [0.05, 0.1) is 11.6 Å². The van der Waals surface area contributed by atoms with Gasteiger partial charge in [-0.3, -0.25) is 0 Å². The summed E-state index contributed by atoms with van der Waals surface area (Å²) in [6.45, 7) is 4.35. The van der Waals surface area contributed by atoms with Crippen LogP contribution in [-0.2, 0) is 0 Å². The Morgan fingerprint density at radius 2 is 2.08 bits per heavy atom. The van der Waals surface area contributed by atoms with Gasteiger partial charge in [-0.2, -0.15) is 5.26 Å². The van der Waals surface area contributed by atoms with E-state index in [1.54, 1.807) is 0 Å². The van der Waals surface area contributed by atoms with E-state index < -0.39 is 0 Å². The first-order chi connectivity index (χ1) is 6.29. The fourth-order valence-corrected chi connectivity index (χ4v) is 1.62. The molecule has 1 rings (SSSR count). The molecule has 1 nitrogen and oxygen atoms in total. The Kier molecular flexibility index (Phi) is 3.52. The van der Waals surface area contributed by atoms with E-state index in [1.165, 1.54) is 12.0 Å². The molecule has 0 spiro atoms. The van der Waals surface area contributed by atoms with E-state index in [4.69, 9.17) is 5.26 Å². The van der Waals surface area contributed by atoms with E-state index in [0.29, 0.717) is 5.92 Å². The molecule has 68 valence electrons. The molecule has 0 radical (unpaired) electrons. The molecule has 0 heterocycles. The van der Waals surface area contributed by atoms with Crippen LogP contribution in [0.25, 0.3) is 0 Å². The third-order valence-corrected chi connectivity index (χ3v) is 2.33. The largest absolute Gasteiger partial charge is 0.192 e. The quantitative estimate of drug-likeness (QED) is 0.686. The Morgan fingerprint density at radius 3 is 2.69 bits per heavy atom. The maximum absolute atomic E-state index is 8.89. The van der Waals surface area contributed by atoms with Gasteiger partial charge < -0.3 is 0 Å². The van der Waals surface area contributed by atoms with Crippen molar-refractivity contribution < 1.29 is 0 Å². The van der Waals surface area contributed by atoms with Crippen LogP contribution in [0, 0.1) is 11.3 Å². The first kappa shape index (κ1) is 9.80. The Labute approximate surface area is 80.0 Å². The lowest BCUT2D eigenvalue weighted by Crippen LogP contribution is -1.95. The van der Waals surface area contributed by atoms with E-state index >= 15 is 0 Å². The average molecular weight is 173 g/mol. The highest BCUT2D eigenvalue weighted by Crippen LogP contribution is 2.23. The molecule has 13 heavy (non-hydrogen) atoms. The molecule has 0 fully saturated rings. The van der Waals surface area contributed by atoms with E-state index in [0.717, 1.165) is 12.0 Å². The lowest BCUT2D eigenvalue weighted by atomic mass is 9.93. The molecule has 0 N–H and O–H groups in total. The molecule has 0 bridgehead atoms. The normalized spacial score (nSPS) is 12.1. The summed E-state index contributed by atoms with van der Waals surface area (Å²) in [4.78, 5) is 0. The molecule has 0 saturated heterocycles. The molecule has 0 aliphatic rings. The molecule has 1 atom stereocenters. The third-order valence-electron chi connectivity index (χ3n) is 2.33. The van der Waals surface area contributed by atoms with Crippen LogP contribution in [0.2, 0.25) is 0 Å². The van der Waals surface area contributed by atoms with Gasteiger partial charge in [0, 0.05) is 0 Å². The average Bonchev–Trinajstić information content (AvgIpc) is 2.18. The number of benzene rings is 1. The summed E-state index contributed by atoms with van der Waals surface area (Å²) in [6, 6.07) is 10.1. The van der Waals surface area contributed by atoms with Crippen LogP contribution in [-0.4, -0.2) is 0 Å². The monoisotopic (exact) mass is 173 g/mol. The highest BCUT2D eigenvalue weighted by molar-refractivity contribution is 5.39. The van der Waals surface area contributed by atoms with Gasteiger partial charge in [0.2, 0.25) is 0 Å². The Bertz CT molecular complexity index is 309. The van der Waals surface area contributed by atoms with Crippen LogP contribution >= 0.6 is 0 Å². The number of hydrogen-bond donors (Lipinski definition) is 0. The fourth-order valence-electron chi connectivity index (χ4n) is 1.62. The van der Waals surface area contributed by atoms with Crippen LogP contribution in [0.4, 0.5) is 0 Å². The topological polar surface area (TPSA) is 23.8 Å². The summed E-state index contributed by atoms with van der Waals surface area (Å²) in [5.74, 6) is 0.501. The summed E-state index contributed by atoms with van der Waals surface area (Å²) < 4.78 is 0. The zero-order chi connectivity index (χ0) is 9.68. The summed E-state index contributed by atoms with van der Waals surface area (Å²) in [5.41, 5.74) is 2.01. The van der Waals surface area contributed by atoms with Gasteiger partial charge >= 0.3 is 0 Å². The predicted molar refractivity (Wildman–Crippen MR) is 54.5 cm³/mol. The van der Waals surface area contributed by atoms with Crippen LogP contribution in [0.5, 0.6) is 0 Å². The van der Waals surface area contributed by atoms with E-state index in [-0.39, 0.29) is 0 Å². The number of hydrogen-bond acceptors (Lipinski definition) is 1. The van der Waals surface area contributed by atoms with Crippen molar-refractivity contribution in [2.75, 3.05) is 0 Å². The number of rotatable bonds is 3. The number of nitrogens with zero attached hydrogens (tertiary/aromatic N) is 1. The molecule has 1 aromatic rings. The zero-order valence-electron chi connectivity index (χ0n) is 8.25. The minimum atomic E-state index is 0.501. The van der Waals surface area contributed by atoms with Gasteiger partial charge in [-0.05, 0) is 24.0 Å². The smallest absolute Gasteiger partial charge is 0.0994 e. The van der Waals surface area contributed by atoms with Crippen molar-refractivity contribution in [2.45, 2.75) is 32.6 Å². The van der Waals surface area contributed by atoms with Gasteiger partial charge in [0.1, 0.15) is 0 Å². The molecular weight excluding hydrogens is 158 g/mol. The molecule has 0 aromatic heterocycles. The lowest BCUT2D eigenvalue weighted by Gasteiger charge is -2.11. The van der Waals surface area contributed by atoms with Crippen LogP contribution < -0.4 is 0 Å². The highest BCUT2D eigenvalue weighted by atomic mass is 14.2. The van der Waals surface area contributed by atoms with Crippen molar-refractivity contribution >= 4 is 0 Å². The van der Waals surface area contributed by atoms with Gasteiger partial charge in [-0.25, -0.2) is 0 Å². The van der Waals surface area contributed by atoms with Crippen LogP contribution in [0.15, 0.2) is 24.3 Å². The Morgan fingerprint density at radius 1 is 1.38 bits per heavy atom. The highest BCUT2D eigenvalue weighted by Gasteiger charge is 2.07. The molecule has 1 heteroatoms. The Hall–Kier alpha value is -1.29. The lowest BCUT2D eigenvalue weighted by molar-refractivity contribution is 0.663. The molecule has 0 amide bonds. The zero-order valence-corrected chi connectivity index (χ0v) is 8.25. The predicted octanol–water partition coefficient (Wildman–Crippen LogP) is 3.46. The van der Waals surface area contributed by atoms with Gasteiger partial charge in [-0.1, -0.05) is 38.5 Å². The first-order valence-electron chi connectivity index (χ1n) is 4.78. The second kappa shape index (κ2) is 4.67. The summed E-state index contributed by atoms with van der Waals surface area (Å²) in [7, 11) is 0. The fraction of sp³-hybridized carbons (Fsp3) is 0.417. The van der Waals surface area contributed by atoms with E-state index in [2.05, 4.69) is 26.0 Å². The molecule has 0 saturated carbocycles. The van der Waals surface area contributed by atoms with Crippen molar-refractivity contribution in [1.29, 1.82) is 5.26 Å². The second-order valence-electron chi connectivity index (χ2n) is 3.39. The molecule has 1 aromatic carbocycles. The van der Waals surface area contributed by atoms with Gasteiger partial charge in [0.15, 0.2) is 0 Å². The summed E-state index contributed by atoms with van der Waals surface area (Å²) >= 11 is 0. The van der Waals surface area contributed by atoms with Crippen LogP contribution in [0.1, 0.15) is 43.7 Å². The maximum Gasteiger partial charge on any atom is 0.0994 e. The maximum atomic E-state index is 8.89. The van der Waals surface area contributed by atoms with Gasteiger partial charge in [0.25, 0.3) is 0 Å². The van der Waals surface area contributed by atoms with Gasteiger partial charge in [-0.15, -0.1) is 0 Å². The van der Waals surface area contributed by atoms with Crippen LogP contribution in [0.3, 0.4) is 0 Å². The number of nitriles is 1. The summed E-state index contributed by atoms with van der Waals surface area (Å²) in [5, 5.41) is 8.89. The van der Waals surface area contributed by atoms with Crippen molar-refractivity contribution in [1.82, 2.24) is 0 Å². The third kappa shape index (κ3) is 2.32. The summed E-state index contributed by atoms with van der Waals surface area (Å²) in [6.07, 6.45) is 2.32. The SMILES string of the molecule is CCCC(C)c1ccccc1C#N. The first-order valence-corrected chi connectivity index (χ1v) is 4.78. The molecule has 1 unspecified atom stereocenters. The van der Waals surface area contributed by atoms with E-state index in [9.17, 15) is 0 Å². The minimum absolute atomic E-state index is 0.501. The standard InChI is InChI=1S/C12H15N/c1-3-6-10(2)12-8-5-4-7-11(12)9-13/h4-5,7-8,10H,3,6H2,1-2H3. The van der Waals surface area contributed by atoms with E-state index in [1.807, 2.05) is 18.2 Å². The molecule has 0 aliphatic heterocycles. The molecular formula is C12H15N. The Balaban J connectivity index is 2.93. The second-order valence-corrected chi connectivity index (χ2v) is 3.39. The van der Waals surface area contributed by atoms with Crippen molar-refractivity contribution in [3.63, 3.8) is 0 Å².